The Morgan fingerprint density at radius 2 is 1.78 bits per heavy atom. The van der Waals surface area contributed by atoms with Crippen LogP contribution < -0.4 is 20.5 Å². The van der Waals surface area contributed by atoms with E-state index in [1.54, 1.807) is 44.7 Å². The van der Waals surface area contributed by atoms with Crippen LogP contribution in [0.4, 0.5) is 5.00 Å². The van der Waals surface area contributed by atoms with Crippen LogP contribution in [0.1, 0.15) is 21.5 Å². The summed E-state index contributed by atoms with van der Waals surface area (Å²) in [4.78, 5) is 23.7. The van der Waals surface area contributed by atoms with Crippen LogP contribution in [0.25, 0.3) is 0 Å². The topological polar surface area (TPSA) is 90.6 Å². The molecule has 0 radical (unpaired) electrons. The van der Waals surface area contributed by atoms with E-state index < -0.39 is 5.91 Å². The van der Waals surface area contributed by atoms with Gasteiger partial charge in [-0.3, -0.25) is 9.59 Å². The van der Waals surface area contributed by atoms with Crippen molar-refractivity contribution < 1.29 is 19.1 Å². The first kappa shape index (κ1) is 16.8. The molecular formula is C16H18N2O4S. The van der Waals surface area contributed by atoms with Crippen molar-refractivity contribution in [2.45, 2.75) is 13.3 Å². The van der Waals surface area contributed by atoms with Crippen molar-refractivity contribution in [1.82, 2.24) is 0 Å². The van der Waals surface area contributed by atoms with Gasteiger partial charge in [-0.05, 0) is 35.6 Å². The lowest BCUT2D eigenvalue weighted by Crippen LogP contribution is -2.18. The Kier molecular flexibility index (Phi) is 5.23. The van der Waals surface area contributed by atoms with Crippen molar-refractivity contribution in [3.8, 4) is 11.5 Å². The molecule has 0 aliphatic carbocycles. The van der Waals surface area contributed by atoms with Crippen molar-refractivity contribution in [2.75, 3.05) is 19.5 Å². The number of ether oxygens (including phenoxy) is 2. The van der Waals surface area contributed by atoms with Crippen LogP contribution in [-0.2, 0) is 11.2 Å². The number of hydrogen-bond acceptors (Lipinski definition) is 5. The molecule has 1 aromatic carbocycles. The molecule has 0 unspecified atom stereocenters. The molecule has 2 rings (SSSR count). The van der Waals surface area contributed by atoms with Gasteiger partial charge in [-0.1, -0.05) is 0 Å². The number of benzene rings is 1. The molecule has 0 fully saturated rings. The predicted octanol–water partition coefficient (Wildman–Crippen LogP) is 2.35. The van der Waals surface area contributed by atoms with Crippen molar-refractivity contribution in [2.24, 2.45) is 5.73 Å². The molecule has 0 aliphatic heterocycles. The van der Waals surface area contributed by atoms with E-state index in [1.807, 2.05) is 0 Å². The summed E-state index contributed by atoms with van der Waals surface area (Å²) in [7, 11) is 3.10. The van der Waals surface area contributed by atoms with Crippen LogP contribution in [0.2, 0.25) is 0 Å². The van der Waals surface area contributed by atoms with E-state index in [0.29, 0.717) is 22.1 Å². The molecule has 122 valence electrons. The summed E-state index contributed by atoms with van der Waals surface area (Å²) in [6, 6.07) is 5.25. The van der Waals surface area contributed by atoms with Crippen LogP contribution in [0, 0.1) is 6.92 Å². The largest absolute Gasteiger partial charge is 0.497 e. The fourth-order valence-corrected chi connectivity index (χ4v) is 3.13. The molecule has 1 heterocycles. The normalized spacial score (nSPS) is 10.2. The molecule has 3 N–H and O–H groups in total. The SMILES string of the molecule is COc1cc(CC(=O)Nc2scc(C)c2C(N)=O)cc(OC)c1. The second kappa shape index (κ2) is 7.15. The molecule has 2 aromatic rings. The van der Waals surface area contributed by atoms with Crippen LogP contribution in [0.15, 0.2) is 23.6 Å². The third-order valence-corrected chi connectivity index (χ3v) is 4.26. The Labute approximate surface area is 138 Å². The lowest BCUT2D eigenvalue weighted by atomic mass is 10.1. The highest BCUT2D eigenvalue weighted by Gasteiger charge is 2.16. The zero-order chi connectivity index (χ0) is 17.0. The predicted molar refractivity (Wildman–Crippen MR) is 89.5 cm³/mol. The highest BCUT2D eigenvalue weighted by Crippen LogP contribution is 2.28. The number of thiophene rings is 1. The number of methoxy groups -OCH3 is 2. The summed E-state index contributed by atoms with van der Waals surface area (Å²) in [5.41, 5.74) is 7.19. The standard InChI is InChI=1S/C16H18N2O4S/c1-9-8-23-16(14(9)15(17)20)18-13(19)6-10-4-11(21-2)7-12(5-10)22-3/h4-5,7-8H,6H2,1-3H3,(H2,17,20)(H,18,19). The number of primary amides is 1. The Bertz CT molecular complexity index is 717. The third kappa shape index (κ3) is 4.01. The molecule has 0 atom stereocenters. The summed E-state index contributed by atoms with van der Waals surface area (Å²) in [5, 5.41) is 4.98. The first-order chi connectivity index (χ1) is 10.9. The van der Waals surface area contributed by atoms with Gasteiger partial charge in [-0.15, -0.1) is 11.3 Å². The van der Waals surface area contributed by atoms with Crippen LogP contribution >= 0.6 is 11.3 Å². The van der Waals surface area contributed by atoms with Gasteiger partial charge in [0.1, 0.15) is 16.5 Å². The molecule has 1 aromatic heterocycles. The number of nitrogens with two attached hydrogens (primary N) is 1. The van der Waals surface area contributed by atoms with E-state index >= 15 is 0 Å². The molecule has 0 bridgehead atoms. The van der Waals surface area contributed by atoms with Crippen LogP contribution in [0.5, 0.6) is 11.5 Å². The number of anilines is 1. The zero-order valence-corrected chi connectivity index (χ0v) is 14.0. The number of nitrogens with one attached hydrogen (secondary N) is 1. The summed E-state index contributed by atoms with van der Waals surface area (Å²) in [6.07, 6.45) is 0.128. The summed E-state index contributed by atoms with van der Waals surface area (Å²) in [5.74, 6) is 0.417. The summed E-state index contributed by atoms with van der Waals surface area (Å²) >= 11 is 1.28. The minimum absolute atomic E-state index is 0.128. The number of amides is 2. The average molecular weight is 334 g/mol. The second-order valence-electron chi connectivity index (χ2n) is 4.93. The van der Waals surface area contributed by atoms with Crippen LogP contribution in [0.3, 0.4) is 0 Å². The van der Waals surface area contributed by atoms with Crippen molar-refractivity contribution in [3.05, 3.63) is 40.3 Å². The van der Waals surface area contributed by atoms with Crippen molar-refractivity contribution in [1.29, 1.82) is 0 Å². The highest BCUT2D eigenvalue weighted by molar-refractivity contribution is 7.15. The van der Waals surface area contributed by atoms with E-state index in [4.69, 9.17) is 15.2 Å². The van der Waals surface area contributed by atoms with E-state index in [9.17, 15) is 9.59 Å². The van der Waals surface area contributed by atoms with E-state index in [-0.39, 0.29) is 12.3 Å². The van der Waals surface area contributed by atoms with Gasteiger partial charge in [0.2, 0.25) is 5.91 Å². The maximum Gasteiger partial charge on any atom is 0.251 e. The van der Waals surface area contributed by atoms with Gasteiger partial charge < -0.3 is 20.5 Å². The second-order valence-corrected chi connectivity index (χ2v) is 5.81. The minimum atomic E-state index is -0.554. The smallest absolute Gasteiger partial charge is 0.251 e. The van der Waals surface area contributed by atoms with Crippen molar-refractivity contribution >= 4 is 28.2 Å². The highest BCUT2D eigenvalue weighted by atomic mass is 32.1. The van der Waals surface area contributed by atoms with E-state index in [2.05, 4.69) is 5.32 Å². The lowest BCUT2D eigenvalue weighted by molar-refractivity contribution is -0.115. The maximum absolute atomic E-state index is 12.2. The number of hydrogen-bond donors (Lipinski definition) is 2. The number of carbonyl (C=O) groups excluding carboxylic acids is 2. The number of aryl methyl sites for hydroxylation is 1. The first-order valence-corrected chi connectivity index (χ1v) is 7.72. The van der Waals surface area contributed by atoms with E-state index in [0.717, 1.165) is 11.1 Å². The van der Waals surface area contributed by atoms with E-state index in [1.165, 1.54) is 11.3 Å². The Morgan fingerprint density at radius 1 is 1.17 bits per heavy atom. The minimum Gasteiger partial charge on any atom is -0.497 e. The molecule has 2 amide bonds. The van der Waals surface area contributed by atoms with Gasteiger partial charge in [-0.2, -0.15) is 0 Å². The number of rotatable bonds is 6. The fraction of sp³-hybridized carbons (Fsp3) is 0.250. The van der Waals surface area contributed by atoms with Gasteiger partial charge in [0, 0.05) is 6.07 Å². The van der Waals surface area contributed by atoms with Gasteiger partial charge in [0.25, 0.3) is 5.91 Å². The maximum atomic E-state index is 12.2. The quantitative estimate of drug-likeness (QED) is 0.848. The molecule has 0 saturated heterocycles. The molecule has 7 heteroatoms. The van der Waals surface area contributed by atoms with Gasteiger partial charge in [-0.25, -0.2) is 0 Å². The lowest BCUT2D eigenvalue weighted by Gasteiger charge is -2.09. The Morgan fingerprint density at radius 3 is 2.30 bits per heavy atom. The summed E-state index contributed by atoms with van der Waals surface area (Å²) in [6.45, 7) is 1.78. The number of carbonyl (C=O) groups is 2. The molecule has 23 heavy (non-hydrogen) atoms. The molecule has 6 nitrogen and oxygen atoms in total. The Balaban J connectivity index is 2.16. The van der Waals surface area contributed by atoms with Crippen molar-refractivity contribution in [3.63, 3.8) is 0 Å². The average Bonchev–Trinajstić information content (AvgIpc) is 2.87. The third-order valence-electron chi connectivity index (χ3n) is 3.25. The molecule has 0 spiro atoms. The monoisotopic (exact) mass is 334 g/mol. The van der Waals surface area contributed by atoms with Gasteiger partial charge >= 0.3 is 0 Å². The first-order valence-electron chi connectivity index (χ1n) is 6.84. The Hall–Kier alpha value is -2.54. The van der Waals surface area contributed by atoms with Gasteiger partial charge in [0.15, 0.2) is 0 Å². The van der Waals surface area contributed by atoms with Gasteiger partial charge in [0.05, 0.1) is 26.2 Å². The molecular weight excluding hydrogens is 316 g/mol. The molecule has 0 saturated carbocycles. The van der Waals surface area contributed by atoms with Crippen LogP contribution in [-0.4, -0.2) is 26.0 Å². The zero-order valence-electron chi connectivity index (χ0n) is 13.1. The summed E-state index contributed by atoms with van der Waals surface area (Å²) < 4.78 is 10.4. The fourth-order valence-electron chi connectivity index (χ4n) is 2.17. The molecule has 0 aliphatic rings.